The van der Waals surface area contributed by atoms with Gasteiger partial charge < -0.3 is 15.4 Å². The lowest BCUT2D eigenvalue weighted by Crippen LogP contribution is -2.36. The first-order chi connectivity index (χ1) is 12.7. The first kappa shape index (κ1) is 20.5. The summed E-state index contributed by atoms with van der Waals surface area (Å²) in [5.41, 5.74) is 3.54. The van der Waals surface area contributed by atoms with Crippen molar-refractivity contribution in [2.24, 2.45) is 12.0 Å². The normalized spacial score (nSPS) is 12.2. The maximum Gasteiger partial charge on any atom is 0.422 e. The smallest absolute Gasteiger partial charge is 0.422 e. The summed E-state index contributed by atoms with van der Waals surface area (Å²) in [7, 11) is 3.49. The number of alkyl halides is 3. The number of nitrogens with zero attached hydrogens (tertiary/aromatic N) is 4. The highest BCUT2D eigenvalue weighted by atomic mass is 19.4. The summed E-state index contributed by atoms with van der Waals surface area (Å²) in [4.78, 5) is 8.00. The van der Waals surface area contributed by atoms with E-state index in [2.05, 4.69) is 25.7 Å². The molecule has 0 spiro atoms. The van der Waals surface area contributed by atoms with Gasteiger partial charge in [0, 0.05) is 50.2 Å². The standard InChI is InChI=1S/C17H23F3N6O/c1-11-14(12(2)26(4)25-11)9-24-16(21-3)23-8-13-6-5-7-22-15(13)27-10-17(18,19)20/h5-7H,8-10H2,1-4H3,(H2,21,23,24). The highest BCUT2D eigenvalue weighted by molar-refractivity contribution is 5.79. The zero-order valence-electron chi connectivity index (χ0n) is 15.7. The topological polar surface area (TPSA) is 76.4 Å². The van der Waals surface area contributed by atoms with Gasteiger partial charge in [0.1, 0.15) is 0 Å². The van der Waals surface area contributed by atoms with E-state index in [1.807, 2.05) is 25.6 Å². The second-order valence-corrected chi connectivity index (χ2v) is 5.92. The number of halogens is 3. The average molecular weight is 384 g/mol. The van der Waals surface area contributed by atoms with Gasteiger partial charge in [-0.05, 0) is 19.9 Å². The molecule has 7 nitrogen and oxygen atoms in total. The highest BCUT2D eigenvalue weighted by Gasteiger charge is 2.29. The van der Waals surface area contributed by atoms with E-state index < -0.39 is 12.8 Å². The Bertz CT molecular complexity index is 800. The van der Waals surface area contributed by atoms with Crippen LogP contribution in [0.3, 0.4) is 0 Å². The molecule has 0 radical (unpaired) electrons. The number of hydrogen-bond donors (Lipinski definition) is 2. The van der Waals surface area contributed by atoms with Crippen LogP contribution in [0.5, 0.6) is 5.88 Å². The van der Waals surface area contributed by atoms with E-state index in [9.17, 15) is 13.2 Å². The summed E-state index contributed by atoms with van der Waals surface area (Å²) in [6, 6.07) is 3.28. The van der Waals surface area contributed by atoms with Crippen molar-refractivity contribution in [3.05, 3.63) is 40.8 Å². The largest absolute Gasteiger partial charge is 0.468 e. The summed E-state index contributed by atoms with van der Waals surface area (Å²) in [6.45, 7) is 3.26. The number of rotatable bonds is 6. The minimum Gasteiger partial charge on any atom is -0.468 e. The van der Waals surface area contributed by atoms with Gasteiger partial charge in [-0.15, -0.1) is 0 Å². The number of guanidine groups is 1. The van der Waals surface area contributed by atoms with Crippen LogP contribution in [-0.4, -0.2) is 40.6 Å². The van der Waals surface area contributed by atoms with Crippen molar-refractivity contribution in [1.29, 1.82) is 0 Å². The number of aromatic nitrogens is 3. The first-order valence-corrected chi connectivity index (χ1v) is 8.28. The van der Waals surface area contributed by atoms with Gasteiger partial charge in [-0.25, -0.2) is 4.98 Å². The van der Waals surface area contributed by atoms with Crippen molar-refractivity contribution in [2.75, 3.05) is 13.7 Å². The summed E-state index contributed by atoms with van der Waals surface area (Å²) < 4.78 is 43.7. The summed E-state index contributed by atoms with van der Waals surface area (Å²) >= 11 is 0. The quantitative estimate of drug-likeness (QED) is 0.590. The van der Waals surface area contributed by atoms with Gasteiger partial charge in [0.15, 0.2) is 12.6 Å². The molecule has 0 amide bonds. The first-order valence-electron chi connectivity index (χ1n) is 8.28. The van der Waals surface area contributed by atoms with Crippen LogP contribution in [0, 0.1) is 13.8 Å². The van der Waals surface area contributed by atoms with Crippen LogP contribution in [0.15, 0.2) is 23.3 Å². The Balaban J connectivity index is 1.96. The minimum absolute atomic E-state index is 0.0586. The number of hydrogen-bond acceptors (Lipinski definition) is 4. The molecular formula is C17H23F3N6O. The number of ether oxygens (including phenoxy) is 1. The third kappa shape index (κ3) is 5.87. The number of aryl methyl sites for hydroxylation is 2. The molecule has 2 heterocycles. The third-order valence-corrected chi connectivity index (χ3v) is 3.98. The Kier molecular flexibility index (Phi) is 6.65. The lowest BCUT2D eigenvalue weighted by molar-refractivity contribution is -0.154. The number of nitrogens with one attached hydrogen (secondary N) is 2. The Labute approximate surface area is 155 Å². The summed E-state index contributed by atoms with van der Waals surface area (Å²) in [6.07, 6.45) is -3.03. The summed E-state index contributed by atoms with van der Waals surface area (Å²) in [5, 5.41) is 10.6. The van der Waals surface area contributed by atoms with Crippen LogP contribution in [0.4, 0.5) is 13.2 Å². The van der Waals surface area contributed by atoms with Gasteiger partial charge in [-0.1, -0.05) is 6.07 Å². The van der Waals surface area contributed by atoms with E-state index >= 15 is 0 Å². The van der Waals surface area contributed by atoms with Gasteiger partial charge in [0.05, 0.1) is 5.69 Å². The molecular weight excluding hydrogens is 361 g/mol. The molecule has 0 saturated heterocycles. The lowest BCUT2D eigenvalue weighted by atomic mass is 10.2. The van der Waals surface area contributed by atoms with Crippen molar-refractivity contribution in [3.8, 4) is 5.88 Å². The van der Waals surface area contributed by atoms with E-state index in [0.717, 1.165) is 17.0 Å². The molecule has 0 aliphatic carbocycles. The Morgan fingerprint density at radius 2 is 1.96 bits per heavy atom. The van der Waals surface area contributed by atoms with Crippen LogP contribution in [0.1, 0.15) is 22.5 Å². The molecule has 0 aliphatic rings. The van der Waals surface area contributed by atoms with Crippen molar-refractivity contribution in [2.45, 2.75) is 33.1 Å². The van der Waals surface area contributed by atoms with Crippen molar-refractivity contribution in [3.63, 3.8) is 0 Å². The maximum atomic E-state index is 12.4. The van der Waals surface area contributed by atoms with E-state index in [1.165, 1.54) is 6.20 Å². The predicted octanol–water partition coefficient (Wildman–Crippen LogP) is 2.24. The molecule has 0 bridgehead atoms. The zero-order valence-corrected chi connectivity index (χ0v) is 15.7. The van der Waals surface area contributed by atoms with Crippen molar-refractivity contribution in [1.82, 2.24) is 25.4 Å². The Morgan fingerprint density at radius 3 is 2.56 bits per heavy atom. The molecule has 2 rings (SSSR count). The summed E-state index contributed by atoms with van der Waals surface area (Å²) in [5.74, 6) is 0.444. The molecule has 148 valence electrons. The SMILES string of the molecule is CN=C(NCc1cccnc1OCC(F)(F)F)NCc1c(C)nn(C)c1C. The molecule has 0 atom stereocenters. The fraction of sp³-hybridized carbons (Fsp3) is 0.471. The third-order valence-electron chi connectivity index (χ3n) is 3.98. The lowest BCUT2D eigenvalue weighted by Gasteiger charge is -2.15. The Morgan fingerprint density at radius 1 is 1.26 bits per heavy atom. The average Bonchev–Trinajstić information content (AvgIpc) is 2.85. The maximum absolute atomic E-state index is 12.4. The molecule has 2 aromatic heterocycles. The molecule has 2 N–H and O–H groups in total. The van der Waals surface area contributed by atoms with Crippen LogP contribution < -0.4 is 15.4 Å². The second kappa shape index (κ2) is 8.74. The van der Waals surface area contributed by atoms with Gasteiger partial charge >= 0.3 is 6.18 Å². The van der Waals surface area contributed by atoms with Gasteiger partial charge in [-0.3, -0.25) is 9.67 Å². The molecule has 27 heavy (non-hydrogen) atoms. The van der Waals surface area contributed by atoms with Crippen LogP contribution >= 0.6 is 0 Å². The molecule has 0 aliphatic heterocycles. The minimum atomic E-state index is -4.42. The molecule has 10 heteroatoms. The Hall–Kier alpha value is -2.78. The number of pyridine rings is 1. The van der Waals surface area contributed by atoms with E-state index in [4.69, 9.17) is 4.74 Å². The van der Waals surface area contributed by atoms with Gasteiger partial charge in [-0.2, -0.15) is 18.3 Å². The zero-order chi connectivity index (χ0) is 20.0. The molecule has 0 unspecified atom stereocenters. The van der Waals surface area contributed by atoms with Crippen LogP contribution in [0.25, 0.3) is 0 Å². The monoisotopic (exact) mass is 384 g/mol. The molecule has 0 aromatic carbocycles. The highest BCUT2D eigenvalue weighted by Crippen LogP contribution is 2.19. The van der Waals surface area contributed by atoms with E-state index in [0.29, 0.717) is 18.1 Å². The van der Waals surface area contributed by atoms with Crippen molar-refractivity contribution >= 4 is 5.96 Å². The van der Waals surface area contributed by atoms with Gasteiger partial charge in [0.2, 0.25) is 5.88 Å². The van der Waals surface area contributed by atoms with Crippen LogP contribution in [0.2, 0.25) is 0 Å². The van der Waals surface area contributed by atoms with E-state index in [1.54, 1.807) is 19.2 Å². The fourth-order valence-electron chi connectivity index (χ4n) is 2.48. The van der Waals surface area contributed by atoms with E-state index in [-0.39, 0.29) is 12.4 Å². The molecule has 0 fully saturated rings. The van der Waals surface area contributed by atoms with Gasteiger partial charge in [0.25, 0.3) is 0 Å². The second-order valence-electron chi connectivity index (χ2n) is 5.92. The predicted molar refractivity (Wildman–Crippen MR) is 95.5 cm³/mol. The fourth-order valence-corrected chi connectivity index (χ4v) is 2.48. The molecule has 2 aromatic rings. The molecule has 0 saturated carbocycles. The van der Waals surface area contributed by atoms with Crippen LogP contribution in [-0.2, 0) is 20.1 Å². The number of aliphatic imine (C=N–C) groups is 1. The van der Waals surface area contributed by atoms with Crippen molar-refractivity contribution < 1.29 is 17.9 Å².